The Hall–Kier alpha value is -4.39. The van der Waals surface area contributed by atoms with E-state index in [0.29, 0.717) is 25.3 Å². The molecule has 208 valence electrons. The lowest BCUT2D eigenvalue weighted by molar-refractivity contribution is -0.156. The summed E-state index contributed by atoms with van der Waals surface area (Å²) in [6.07, 6.45) is 4.10. The molecule has 4 rings (SSSR count). The van der Waals surface area contributed by atoms with Gasteiger partial charge in [-0.05, 0) is 68.0 Å². The SMILES string of the molecule is C=Cc1ccc(Cn2c(CCCc3ccc(OC(C)(C)C(=O)OC)cc3)nn(Cc3ccc(C)cc3)c2=O)cc1. The van der Waals surface area contributed by atoms with Crippen LogP contribution in [0.2, 0.25) is 0 Å². The van der Waals surface area contributed by atoms with Crippen molar-refractivity contribution in [2.75, 3.05) is 7.11 Å². The molecular weight excluding hydrogens is 502 g/mol. The minimum absolute atomic E-state index is 0.113. The number of esters is 1. The van der Waals surface area contributed by atoms with E-state index in [0.717, 1.165) is 40.9 Å². The van der Waals surface area contributed by atoms with Gasteiger partial charge in [0.15, 0.2) is 5.60 Å². The Bertz CT molecular complexity index is 1500. The summed E-state index contributed by atoms with van der Waals surface area (Å²) in [5.41, 5.74) is 4.25. The fraction of sp³-hybridized carbons (Fsp3) is 0.303. The number of carbonyl (C=O) groups excluding carboxylic acids is 1. The first kappa shape index (κ1) is 28.6. The van der Waals surface area contributed by atoms with Gasteiger partial charge in [-0.1, -0.05) is 78.9 Å². The smallest absolute Gasteiger partial charge is 0.349 e. The van der Waals surface area contributed by atoms with E-state index in [1.165, 1.54) is 12.7 Å². The van der Waals surface area contributed by atoms with Crippen LogP contribution in [0.15, 0.2) is 84.2 Å². The lowest BCUT2D eigenvalue weighted by Gasteiger charge is -2.23. The molecule has 0 aliphatic carbocycles. The number of carbonyl (C=O) groups is 1. The van der Waals surface area contributed by atoms with Gasteiger partial charge in [0.2, 0.25) is 0 Å². The first-order valence-electron chi connectivity index (χ1n) is 13.5. The van der Waals surface area contributed by atoms with Crippen LogP contribution in [0.5, 0.6) is 5.75 Å². The molecule has 0 N–H and O–H groups in total. The van der Waals surface area contributed by atoms with Crippen LogP contribution in [-0.2, 0) is 35.5 Å². The number of hydrogen-bond acceptors (Lipinski definition) is 5. The van der Waals surface area contributed by atoms with Gasteiger partial charge in [-0.3, -0.25) is 4.57 Å². The van der Waals surface area contributed by atoms with Crippen molar-refractivity contribution in [3.8, 4) is 5.75 Å². The summed E-state index contributed by atoms with van der Waals surface area (Å²) in [5, 5.41) is 4.75. The fourth-order valence-corrected chi connectivity index (χ4v) is 4.50. The summed E-state index contributed by atoms with van der Waals surface area (Å²) in [6, 6.07) is 23.9. The fourth-order valence-electron chi connectivity index (χ4n) is 4.50. The summed E-state index contributed by atoms with van der Waals surface area (Å²) >= 11 is 0. The molecule has 1 heterocycles. The van der Waals surface area contributed by atoms with Gasteiger partial charge in [0.25, 0.3) is 0 Å². The Labute approximate surface area is 235 Å². The molecule has 0 radical (unpaired) electrons. The quantitative estimate of drug-likeness (QED) is 0.219. The number of rotatable bonds is 12. The number of benzene rings is 3. The molecule has 4 aromatic rings. The maximum atomic E-state index is 13.4. The molecule has 0 fully saturated rings. The first-order valence-corrected chi connectivity index (χ1v) is 13.5. The van der Waals surface area contributed by atoms with Gasteiger partial charge in [-0.15, -0.1) is 0 Å². The molecule has 0 atom stereocenters. The monoisotopic (exact) mass is 539 g/mol. The molecule has 40 heavy (non-hydrogen) atoms. The highest BCUT2D eigenvalue weighted by Crippen LogP contribution is 2.21. The van der Waals surface area contributed by atoms with Gasteiger partial charge in [0.1, 0.15) is 11.6 Å². The predicted octanol–water partition coefficient (Wildman–Crippen LogP) is 5.60. The minimum Gasteiger partial charge on any atom is -0.476 e. The van der Waals surface area contributed by atoms with E-state index in [1.807, 2.05) is 79.7 Å². The number of ether oxygens (including phenoxy) is 2. The standard InChI is InChI=1S/C33H37N3O4/c1-6-25-14-16-27(17-15-25)22-35-30(34-36(32(35)38)23-28-12-10-24(2)11-13-28)9-7-8-26-18-20-29(21-19-26)40-33(3,4)31(37)39-5/h6,10-21H,1,7-9,22-23H2,2-5H3. The lowest BCUT2D eigenvalue weighted by atomic mass is 10.1. The van der Waals surface area contributed by atoms with Crippen molar-refractivity contribution in [3.05, 3.63) is 124 Å². The maximum Gasteiger partial charge on any atom is 0.349 e. The van der Waals surface area contributed by atoms with Crippen LogP contribution in [0.3, 0.4) is 0 Å². The molecule has 0 aliphatic rings. The van der Waals surface area contributed by atoms with Crippen LogP contribution in [-0.4, -0.2) is 33.0 Å². The van der Waals surface area contributed by atoms with Gasteiger partial charge in [0.05, 0.1) is 20.2 Å². The average Bonchev–Trinajstić information content (AvgIpc) is 3.24. The normalized spacial score (nSPS) is 11.3. The Morgan fingerprint density at radius 1 is 0.900 bits per heavy atom. The molecule has 7 heteroatoms. The van der Waals surface area contributed by atoms with E-state index >= 15 is 0 Å². The van der Waals surface area contributed by atoms with Gasteiger partial charge >= 0.3 is 11.7 Å². The van der Waals surface area contributed by atoms with E-state index in [-0.39, 0.29) is 5.69 Å². The zero-order chi connectivity index (χ0) is 28.7. The molecule has 0 amide bonds. The maximum absolute atomic E-state index is 13.4. The number of hydrogen-bond donors (Lipinski definition) is 0. The average molecular weight is 540 g/mol. The van der Waals surface area contributed by atoms with Gasteiger partial charge < -0.3 is 9.47 Å². The number of aromatic nitrogens is 3. The zero-order valence-electron chi connectivity index (χ0n) is 23.7. The van der Waals surface area contributed by atoms with E-state index in [2.05, 4.69) is 6.58 Å². The number of nitrogens with zero attached hydrogens (tertiary/aromatic N) is 3. The lowest BCUT2D eigenvalue weighted by Crippen LogP contribution is -2.39. The third-order valence-corrected chi connectivity index (χ3v) is 6.85. The highest BCUT2D eigenvalue weighted by Gasteiger charge is 2.31. The van der Waals surface area contributed by atoms with Crippen molar-refractivity contribution in [2.24, 2.45) is 0 Å². The van der Waals surface area contributed by atoms with Crippen molar-refractivity contribution in [2.45, 2.75) is 58.7 Å². The predicted molar refractivity (Wildman–Crippen MR) is 158 cm³/mol. The topological polar surface area (TPSA) is 75.3 Å². The number of methoxy groups -OCH3 is 1. The van der Waals surface area contributed by atoms with Gasteiger partial charge in [-0.2, -0.15) is 5.10 Å². The van der Waals surface area contributed by atoms with Crippen molar-refractivity contribution >= 4 is 12.0 Å². The first-order chi connectivity index (χ1) is 19.2. The van der Waals surface area contributed by atoms with Crippen molar-refractivity contribution < 1.29 is 14.3 Å². The van der Waals surface area contributed by atoms with Crippen molar-refractivity contribution in [1.82, 2.24) is 14.3 Å². The van der Waals surface area contributed by atoms with E-state index < -0.39 is 11.6 Å². The minimum atomic E-state index is -1.07. The van der Waals surface area contributed by atoms with Gasteiger partial charge in [0, 0.05) is 6.42 Å². The van der Waals surface area contributed by atoms with Crippen LogP contribution in [0.1, 0.15) is 53.9 Å². The van der Waals surface area contributed by atoms with Crippen LogP contribution in [0.25, 0.3) is 6.08 Å². The molecule has 0 saturated carbocycles. The second kappa shape index (κ2) is 12.6. The molecule has 0 bridgehead atoms. The third kappa shape index (κ3) is 7.17. The summed E-state index contributed by atoms with van der Waals surface area (Å²) < 4.78 is 14.0. The Balaban J connectivity index is 1.48. The summed E-state index contributed by atoms with van der Waals surface area (Å²) in [5.74, 6) is 0.941. The Morgan fingerprint density at radius 2 is 1.50 bits per heavy atom. The zero-order valence-corrected chi connectivity index (χ0v) is 23.7. The van der Waals surface area contributed by atoms with Crippen molar-refractivity contribution in [3.63, 3.8) is 0 Å². The summed E-state index contributed by atoms with van der Waals surface area (Å²) in [7, 11) is 1.35. The molecule has 3 aromatic carbocycles. The largest absolute Gasteiger partial charge is 0.476 e. The van der Waals surface area contributed by atoms with Crippen LogP contribution >= 0.6 is 0 Å². The molecule has 0 aliphatic heterocycles. The number of aryl methyl sites for hydroxylation is 3. The highest BCUT2D eigenvalue weighted by atomic mass is 16.6. The highest BCUT2D eigenvalue weighted by molar-refractivity contribution is 5.78. The molecule has 0 saturated heterocycles. The molecule has 1 aromatic heterocycles. The van der Waals surface area contributed by atoms with E-state index in [9.17, 15) is 9.59 Å². The molecular formula is C33H37N3O4. The second-order valence-corrected chi connectivity index (χ2v) is 10.5. The van der Waals surface area contributed by atoms with E-state index in [1.54, 1.807) is 29.2 Å². The Kier molecular flexibility index (Phi) is 9.04. The van der Waals surface area contributed by atoms with Crippen LogP contribution in [0, 0.1) is 6.92 Å². The van der Waals surface area contributed by atoms with Crippen LogP contribution in [0.4, 0.5) is 0 Å². The second-order valence-electron chi connectivity index (χ2n) is 10.5. The molecule has 7 nitrogen and oxygen atoms in total. The summed E-state index contributed by atoms with van der Waals surface area (Å²) in [6.45, 7) is 10.1. The van der Waals surface area contributed by atoms with Gasteiger partial charge in [-0.25, -0.2) is 14.3 Å². The summed E-state index contributed by atoms with van der Waals surface area (Å²) in [4.78, 5) is 25.4. The van der Waals surface area contributed by atoms with E-state index in [4.69, 9.17) is 14.6 Å². The van der Waals surface area contributed by atoms with Crippen molar-refractivity contribution in [1.29, 1.82) is 0 Å². The Morgan fingerprint density at radius 3 is 2.12 bits per heavy atom. The molecule has 0 unspecified atom stereocenters. The third-order valence-electron chi connectivity index (χ3n) is 6.85. The van der Waals surface area contributed by atoms with Crippen LogP contribution < -0.4 is 10.4 Å². The molecule has 0 spiro atoms.